The van der Waals surface area contributed by atoms with E-state index in [1.165, 1.54) is 4.72 Å². The van der Waals surface area contributed by atoms with Crippen LogP contribution in [0.4, 0.5) is 13.2 Å². The molecule has 0 aliphatic heterocycles. The van der Waals surface area contributed by atoms with Gasteiger partial charge in [0.25, 0.3) is 0 Å². The van der Waals surface area contributed by atoms with Crippen LogP contribution in [0.25, 0.3) is 0 Å². The molecule has 13 heteroatoms. The Hall–Kier alpha value is -0.920. The maximum absolute atomic E-state index is 12.1. The van der Waals surface area contributed by atoms with Crippen molar-refractivity contribution in [2.75, 3.05) is 19.6 Å². The molecule has 0 fully saturated rings. The average Bonchev–Trinajstić information content (AvgIpc) is 2.49. The molecule has 0 amide bonds. The summed E-state index contributed by atoms with van der Waals surface area (Å²) in [6, 6.07) is 3.86. The monoisotopic (exact) mass is 425 g/mol. The number of sulfonamides is 2. The molecule has 1 aromatic rings. The summed E-state index contributed by atoms with van der Waals surface area (Å²) in [5, 5.41) is 0. The molecule has 1 aromatic carbocycles. The fourth-order valence-electron chi connectivity index (χ4n) is 1.62. The van der Waals surface area contributed by atoms with Gasteiger partial charge in [0.15, 0.2) is 0 Å². The van der Waals surface area contributed by atoms with Crippen molar-refractivity contribution in [3.63, 3.8) is 0 Å². The van der Waals surface area contributed by atoms with Crippen molar-refractivity contribution in [2.24, 2.45) is 5.73 Å². The summed E-state index contributed by atoms with van der Waals surface area (Å²) >= 11 is 0. The molecule has 0 atom stereocenters. The predicted molar refractivity (Wildman–Crippen MR) is 88.4 cm³/mol. The Morgan fingerprint density at radius 3 is 1.72 bits per heavy atom. The lowest BCUT2D eigenvalue weighted by molar-refractivity contribution is -0.121. The minimum Gasteiger partial charge on any atom is -0.330 e. The van der Waals surface area contributed by atoms with Crippen LogP contribution in [-0.4, -0.2) is 42.6 Å². The number of nitrogens with one attached hydrogen (secondary N) is 2. The zero-order valence-corrected chi connectivity index (χ0v) is 15.4. The fraction of sp³-hybridized carbons (Fsp3) is 0.500. The fourth-order valence-corrected chi connectivity index (χ4v) is 3.71. The van der Waals surface area contributed by atoms with Gasteiger partial charge >= 0.3 is 6.18 Å². The van der Waals surface area contributed by atoms with Crippen LogP contribution in [0, 0.1) is 0 Å². The van der Waals surface area contributed by atoms with Crippen molar-refractivity contribution in [1.82, 2.24) is 9.44 Å². The van der Waals surface area contributed by atoms with Gasteiger partial charge in [0.05, 0.1) is 9.79 Å². The van der Waals surface area contributed by atoms with Crippen LogP contribution in [0.1, 0.15) is 12.8 Å². The maximum atomic E-state index is 12.1. The molecule has 0 radical (unpaired) electrons. The van der Waals surface area contributed by atoms with Crippen molar-refractivity contribution < 1.29 is 30.0 Å². The number of benzene rings is 1. The van der Waals surface area contributed by atoms with Gasteiger partial charge in [-0.1, -0.05) is 0 Å². The molecule has 146 valence electrons. The van der Waals surface area contributed by atoms with Gasteiger partial charge in [0.2, 0.25) is 20.0 Å². The van der Waals surface area contributed by atoms with Gasteiger partial charge in [0.1, 0.15) is 6.54 Å². The third-order valence-electron chi connectivity index (χ3n) is 2.83. The van der Waals surface area contributed by atoms with Crippen molar-refractivity contribution in [3.05, 3.63) is 24.3 Å². The molecule has 0 heterocycles. The standard InChI is InChI=1S/C12H18F3N3O4S2.ClH/c13-12(14,15)9-18-24(21,22)11-5-3-10(4-6-11)23(19,20)17-8-2-1-7-16;/h3-6,17-18H,1-2,7-9,16H2;1H. The van der Waals surface area contributed by atoms with E-state index in [0.29, 0.717) is 19.4 Å². The van der Waals surface area contributed by atoms with E-state index in [4.69, 9.17) is 5.73 Å². The van der Waals surface area contributed by atoms with E-state index in [-0.39, 0.29) is 23.8 Å². The normalized spacial score (nSPS) is 12.6. The van der Waals surface area contributed by atoms with E-state index in [0.717, 1.165) is 24.3 Å². The Labute approximate surface area is 150 Å². The molecule has 0 saturated heterocycles. The lowest BCUT2D eigenvalue weighted by atomic mass is 10.3. The zero-order chi connectivity index (χ0) is 18.4. The predicted octanol–water partition coefficient (Wildman–Crippen LogP) is 0.966. The Morgan fingerprint density at radius 1 is 0.880 bits per heavy atom. The largest absolute Gasteiger partial charge is 0.402 e. The summed E-state index contributed by atoms with van der Waals surface area (Å²) in [6.07, 6.45) is -3.50. The van der Waals surface area contributed by atoms with Crippen molar-refractivity contribution in [3.8, 4) is 0 Å². The van der Waals surface area contributed by atoms with Gasteiger partial charge in [-0.15, -0.1) is 12.4 Å². The van der Waals surface area contributed by atoms with Crippen LogP contribution < -0.4 is 15.2 Å². The molecule has 0 aliphatic carbocycles. The first kappa shape index (κ1) is 24.1. The van der Waals surface area contributed by atoms with E-state index in [1.54, 1.807) is 0 Å². The molecule has 1 rings (SSSR count). The number of hydrogen-bond donors (Lipinski definition) is 3. The van der Waals surface area contributed by atoms with E-state index >= 15 is 0 Å². The third-order valence-corrected chi connectivity index (χ3v) is 5.72. The highest BCUT2D eigenvalue weighted by molar-refractivity contribution is 7.90. The Bertz CT molecular complexity index is 738. The molecule has 7 nitrogen and oxygen atoms in total. The number of hydrogen-bond acceptors (Lipinski definition) is 5. The van der Waals surface area contributed by atoms with Crippen molar-refractivity contribution in [1.29, 1.82) is 0 Å². The number of nitrogens with two attached hydrogens (primary N) is 1. The van der Waals surface area contributed by atoms with Gasteiger partial charge < -0.3 is 5.73 Å². The average molecular weight is 426 g/mol. The first-order valence-corrected chi connectivity index (χ1v) is 9.81. The van der Waals surface area contributed by atoms with E-state index in [1.807, 2.05) is 0 Å². The first-order chi connectivity index (χ1) is 11.0. The smallest absolute Gasteiger partial charge is 0.330 e. The molecule has 0 saturated carbocycles. The second kappa shape index (κ2) is 9.69. The molecule has 4 N–H and O–H groups in total. The van der Waals surface area contributed by atoms with Crippen LogP contribution >= 0.6 is 12.4 Å². The molecule has 0 aromatic heterocycles. The lowest BCUT2D eigenvalue weighted by Crippen LogP contribution is -2.33. The number of alkyl halides is 3. The summed E-state index contributed by atoms with van der Waals surface area (Å²) in [4.78, 5) is -0.654. The lowest BCUT2D eigenvalue weighted by Gasteiger charge is -2.10. The zero-order valence-electron chi connectivity index (χ0n) is 12.9. The van der Waals surface area contributed by atoms with Gasteiger partial charge in [-0.05, 0) is 43.7 Å². The summed E-state index contributed by atoms with van der Waals surface area (Å²) < 4.78 is 87.2. The minimum absolute atomic E-state index is 0. The molecule has 0 unspecified atom stereocenters. The minimum atomic E-state index is -4.69. The van der Waals surface area contributed by atoms with Crippen LogP contribution in [0.15, 0.2) is 34.1 Å². The highest BCUT2D eigenvalue weighted by Gasteiger charge is 2.30. The van der Waals surface area contributed by atoms with E-state index in [9.17, 15) is 30.0 Å². The van der Waals surface area contributed by atoms with E-state index in [2.05, 4.69) is 4.72 Å². The molecule has 0 aliphatic rings. The summed E-state index contributed by atoms with van der Waals surface area (Å²) in [7, 11) is -8.20. The Morgan fingerprint density at radius 2 is 1.32 bits per heavy atom. The number of halogens is 4. The second-order valence-corrected chi connectivity index (χ2v) is 8.34. The number of rotatable bonds is 9. The second-order valence-electron chi connectivity index (χ2n) is 4.80. The quantitative estimate of drug-likeness (QED) is 0.509. The molecular formula is C12H19ClF3N3O4S2. The highest BCUT2D eigenvalue weighted by Crippen LogP contribution is 2.17. The summed E-state index contributed by atoms with van der Waals surface area (Å²) in [6.45, 7) is -1.11. The topological polar surface area (TPSA) is 118 Å². The maximum Gasteiger partial charge on any atom is 0.402 e. The summed E-state index contributed by atoms with van der Waals surface area (Å²) in [5.74, 6) is 0. The molecule has 25 heavy (non-hydrogen) atoms. The van der Waals surface area contributed by atoms with Gasteiger partial charge in [0, 0.05) is 6.54 Å². The van der Waals surface area contributed by atoms with Gasteiger partial charge in [-0.25, -0.2) is 26.3 Å². The van der Waals surface area contributed by atoms with Crippen molar-refractivity contribution >= 4 is 32.5 Å². The Balaban J connectivity index is 0.00000576. The number of unbranched alkanes of at least 4 members (excludes halogenated alkanes) is 1. The van der Waals surface area contributed by atoms with E-state index < -0.39 is 37.7 Å². The van der Waals surface area contributed by atoms with Crippen LogP contribution in [0.3, 0.4) is 0 Å². The SMILES string of the molecule is Cl.NCCCCNS(=O)(=O)c1ccc(S(=O)(=O)NCC(F)(F)F)cc1. The van der Waals surface area contributed by atoms with Crippen LogP contribution in [-0.2, 0) is 20.0 Å². The molecule has 0 spiro atoms. The first-order valence-electron chi connectivity index (χ1n) is 6.84. The molecule has 0 bridgehead atoms. The highest BCUT2D eigenvalue weighted by atomic mass is 35.5. The summed E-state index contributed by atoms with van der Waals surface area (Å²) in [5.41, 5.74) is 5.29. The molecular weight excluding hydrogens is 407 g/mol. The van der Waals surface area contributed by atoms with Gasteiger partial charge in [-0.2, -0.15) is 13.2 Å². The Kier molecular flexibility index (Phi) is 9.33. The van der Waals surface area contributed by atoms with Crippen LogP contribution in [0.2, 0.25) is 0 Å². The third kappa shape index (κ3) is 8.33. The van der Waals surface area contributed by atoms with Crippen LogP contribution in [0.5, 0.6) is 0 Å². The van der Waals surface area contributed by atoms with Gasteiger partial charge in [-0.3, -0.25) is 0 Å². The van der Waals surface area contributed by atoms with Crippen molar-refractivity contribution in [2.45, 2.75) is 28.8 Å².